The van der Waals surface area contributed by atoms with E-state index in [4.69, 9.17) is 4.74 Å². The van der Waals surface area contributed by atoms with Crippen molar-refractivity contribution >= 4 is 27.0 Å². The molecule has 3 aromatic rings. The molecule has 0 radical (unpaired) electrons. The van der Waals surface area contributed by atoms with Crippen molar-refractivity contribution in [2.75, 3.05) is 0 Å². The molecule has 1 aromatic carbocycles. The first kappa shape index (κ1) is 13.1. The van der Waals surface area contributed by atoms with Crippen LogP contribution in [0.4, 0.5) is 0 Å². The molecule has 20 heavy (non-hydrogen) atoms. The minimum Gasteiger partial charge on any atom is -0.455 e. The summed E-state index contributed by atoms with van der Waals surface area (Å²) in [7, 11) is 0. The average molecular weight is 329 g/mol. The Morgan fingerprint density at radius 2 is 1.90 bits per heavy atom. The van der Waals surface area contributed by atoms with Crippen molar-refractivity contribution < 1.29 is 4.74 Å². The molecular formula is C16H13BrN2O. The van der Waals surface area contributed by atoms with Gasteiger partial charge in [-0.25, -0.2) is 4.98 Å². The molecule has 2 heterocycles. The van der Waals surface area contributed by atoms with E-state index in [1.165, 1.54) is 5.56 Å². The van der Waals surface area contributed by atoms with Gasteiger partial charge in [0.1, 0.15) is 11.3 Å². The normalized spacial score (nSPS) is 10.7. The molecule has 0 amide bonds. The van der Waals surface area contributed by atoms with Crippen LogP contribution < -0.4 is 4.74 Å². The molecular weight excluding hydrogens is 316 g/mol. The van der Waals surface area contributed by atoms with Gasteiger partial charge in [-0.15, -0.1) is 0 Å². The summed E-state index contributed by atoms with van der Waals surface area (Å²) in [6, 6.07) is 11.9. The summed E-state index contributed by atoms with van der Waals surface area (Å²) in [5.74, 6) is 1.52. The van der Waals surface area contributed by atoms with Crippen molar-refractivity contribution in [2.24, 2.45) is 0 Å². The zero-order chi connectivity index (χ0) is 13.9. The first-order chi connectivity index (χ1) is 9.76. The predicted molar refractivity (Wildman–Crippen MR) is 83.1 cm³/mol. The van der Waals surface area contributed by atoms with E-state index in [0.29, 0.717) is 5.75 Å². The van der Waals surface area contributed by atoms with Gasteiger partial charge in [0.15, 0.2) is 5.75 Å². The van der Waals surface area contributed by atoms with Crippen molar-refractivity contribution in [1.29, 1.82) is 0 Å². The zero-order valence-electron chi connectivity index (χ0n) is 11.0. The maximum Gasteiger partial charge on any atom is 0.156 e. The van der Waals surface area contributed by atoms with E-state index in [9.17, 15) is 0 Å². The average Bonchev–Trinajstić information content (AvgIpc) is 2.48. The fourth-order valence-corrected chi connectivity index (χ4v) is 2.30. The lowest BCUT2D eigenvalue weighted by atomic mass is 10.2. The van der Waals surface area contributed by atoms with E-state index < -0.39 is 0 Å². The van der Waals surface area contributed by atoms with Gasteiger partial charge in [0.2, 0.25) is 0 Å². The number of halogens is 1. The number of nitrogens with zero attached hydrogens (tertiary/aromatic N) is 2. The lowest BCUT2D eigenvalue weighted by molar-refractivity contribution is 0.486. The predicted octanol–water partition coefficient (Wildman–Crippen LogP) is 4.75. The lowest BCUT2D eigenvalue weighted by Crippen LogP contribution is -1.90. The molecule has 3 nitrogen and oxygen atoms in total. The van der Waals surface area contributed by atoms with Crippen molar-refractivity contribution in [1.82, 2.24) is 9.97 Å². The van der Waals surface area contributed by atoms with Gasteiger partial charge in [-0.1, -0.05) is 19.1 Å². The van der Waals surface area contributed by atoms with Crippen molar-refractivity contribution in [3.63, 3.8) is 0 Å². The molecule has 4 heteroatoms. The highest BCUT2D eigenvalue weighted by molar-refractivity contribution is 9.10. The monoisotopic (exact) mass is 328 g/mol. The molecule has 2 aromatic heterocycles. The second kappa shape index (κ2) is 5.59. The molecule has 0 aliphatic rings. The van der Waals surface area contributed by atoms with Crippen molar-refractivity contribution in [3.8, 4) is 11.5 Å². The van der Waals surface area contributed by atoms with Crippen LogP contribution in [-0.4, -0.2) is 9.97 Å². The number of aromatic nitrogens is 2. The van der Waals surface area contributed by atoms with E-state index in [1.54, 1.807) is 12.4 Å². The number of benzene rings is 1. The number of ether oxygens (including phenoxy) is 1. The maximum atomic E-state index is 5.91. The van der Waals surface area contributed by atoms with E-state index in [-0.39, 0.29) is 0 Å². The first-order valence-corrected chi connectivity index (χ1v) is 7.22. The molecule has 0 aliphatic heterocycles. The Bertz CT molecular complexity index is 741. The van der Waals surface area contributed by atoms with Gasteiger partial charge in [0, 0.05) is 22.9 Å². The topological polar surface area (TPSA) is 35.0 Å². The minimum atomic E-state index is 0.715. The van der Waals surface area contributed by atoms with Crippen LogP contribution in [0.15, 0.2) is 53.3 Å². The van der Waals surface area contributed by atoms with E-state index in [2.05, 4.69) is 45.0 Å². The first-order valence-electron chi connectivity index (χ1n) is 6.43. The fourth-order valence-electron chi connectivity index (χ4n) is 1.98. The summed E-state index contributed by atoms with van der Waals surface area (Å²) in [6.07, 6.45) is 4.50. The summed E-state index contributed by atoms with van der Waals surface area (Å²) in [6.45, 7) is 2.13. The summed E-state index contributed by atoms with van der Waals surface area (Å²) < 4.78 is 6.82. The molecule has 0 spiro atoms. The van der Waals surface area contributed by atoms with Crippen LogP contribution in [0.5, 0.6) is 11.5 Å². The number of aryl methyl sites for hydroxylation is 1. The van der Waals surface area contributed by atoms with Gasteiger partial charge >= 0.3 is 0 Å². The number of fused-ring (bicyclic) bond motifs is 1. The van der Waals surface area contributed by atoms with Crippen molar-refractivity contribution in [3.05, 3.63) is 58.8 Å². The van der Waals surface area contributed by atoms with Crippen LogP contribution in [0, 0.1) is 0 Å². The van der Waals surface area contributed by atoms with E-state index in [1.807, 2.05) is 24.3 Å². The third kappa shape index (κ3) is 2.65. The van der Waals surface area contributed by atoms with Crippen LogP contribution in [0.25, 0.3) is 11.0 Å². The van der Waals surface area contributed by atoms with Crippen LogP contribution in [-0.2, 0) is 6.42 Å². The third-order valence-corrected chi connectivity index (χ3v) is 3.50. The molecule has 0 aliphatic carbocycles. The number of rotatable bonds is 3. The number of hydrogen-bond donors (Lipinski definition) is 0. The Morgan fingerprint density at radius 3 is 2.65 bits per heavy atom. The Kier molecular flexibility index (Phi) is 3.65. The lowest BCUT2D eigenvalue weighted by Gasteiger charge is -2.08. The van der Waals surface area contributed by atoms with Gasteiger partial charge in [-0.2, -0.15) is 0 Å². The largest absolute Gasteiger partial charge is 0.455 e. The number of pyridine rings is 2. The van der Waals surface area contributed by atoms with E-state index >= 15 is 0 Å². The minimum absolute atomic E-state index is 0.715. The number of hydrogen-bond acceptors (Lipinski definition) is 3. The summed E-state index contributed by atoms with van der Waals surface area (Å²) >= 11 is 3.40. The molecule has 3 rings (SSSR count). The van der Waals surface area contributed by atoms with Gasteiger partial charge in [-0.05, 0) is 46.1 Å². The fraction of sp³-hybridized carbons (Fsp3) is 0.125. The highest BCUT2D eigenvalue weighted by Gasteiger charge is 2.06. The smallest absolute Gasteiger partial charge is 0.156 e. The Labute approximate surface area is 125 Å². The maximum absolute atomic E-state index is 5.91. The Morgan fingerprint density at radius 1 is 1.10 bits per heavy atom. The molecule has 0 atom stereocenters. The van der Waals surface area contributed by atoms with Crippen molar-refractivity contribution in [2.45, 2.75) is 13.3 Å². The zero-order valence-corrected chi connectivity index (χ0v) is 12.6. The Balaban J connectivity index is 1.97. The SMILES string of the molecule is CCc1ccc(Oc2ccnc3cc(Br)cnc23)cc1. The standard InChI is InChI=1S/C16H13BrN2O/c1-2-11-3-5-13(6-4-11)20-15-7-8-18-14-9-12(17)10-19-16(14)15/h3-10H,2H2,1H3. The van der Waals surface area contributed by atoms with Gasteiger partial charge in [0.25, 0.3) is 0 Å². The quantitative estimate of drug-likeness (QED) is 0.696. The van der Waals surface area contributed by atoms with Crippen LogP contribution in [0.1, 0.15) is 12.5 Å². The second-order valence-corrected chi connectivity index (χ2v) is 5.35. The van der Waals surface area contributed by atoms with Gasteiger partial charge in [0.05, 0.1) is 5.52 Å². The Hall–Kier alpha value is -1.94. The molecule has 0 saturated heterocycles. The summed E-state index contributed by atoms with van der Waals surface area (Å²) in [5.41, 5.74) is 2.86. The molecule has 0 bridgehead atoms. The molecule has 0 N–H and O–H groups in total. The highest BCUT2D eigenvalue weighted by Crippen LogP contribution is 2.28. The molecule has 0 fully saturated rings. The van der Waals surface area contributed by atoms with Crippen LogP contribution in [0.3, 0.4) is 0 Å². The highest BCUT2D eigenvalue weighted by atomic mass is 79.9. The third-order valence-electron chi connectivity index (χ3n) is 3.07. The van der Waals surface area contributed by atoms with Gasteiger partial charge in [-0.3, -0.25) is 4.98 Å². The summed E-state index contributed by atoms with van der Waals surface area (Å²) in [4.78, 5) is 8.68. The molecule has 0 saturated carbocycles. The summed E-state index contributed by atoms with van der Waals surface area (Å²) in [5, 5.41) is 0. The molecule has 100 valence electrons. The van der Waals surface area contributed by atoms with Crippen LogP contribution >= 0.6 is 15.9 Å². The second-order valence-electron chi connectivity index (χ2n) is 4.43. The van der Waals surface area contributed by atoms with E-state index in [0.717, 1.165) is 27.7 Å². The van der Waals surface area contributed by atoms with Gasteiger partial charge < -0.3 is 4.74 Å². The van der Waals surface area contributed by atoms with Crippen LogP contribution in [0.2, 0.25) is 0 Å². The molecule has 0 unspecified atom stereocenters.